The summed E-state index contributed by atoms with van der Waals surface area (Å²) in [7, 11) is 0. The van der Waals surface area contributed by atoms with E-state index in [1.807, 2.05) is 17.0 Å². The Morgan fingerprint density at radius 1 is 1.03 bits per heavy atom. The molecule has 2 aliphatic heterocycles. The fourth-order valence-corrected chi connectivity index (χ4v) is 6.86. The number of phenols is 1. The van der Waals surface area contributed by atoms with Crippen molar-refractivity contribution in [3.05, 3.63) is 58.5 Å². The Morgan fingerprint density at radius 2 is 1.77 bits per heavy atom. The number of para-hydroxylation sites is 1. The van der Waals surface area contributed by atoms with Gasteiger partial charge in [-0.3, -0.25) is 9.69 Å². The molecule has 1 N–H and O–H groups in total. The van der Waals surface area contributed by atoms with Gasteiger partial charge in [0.15, 0.2) is 5.17 Å². The molecular formula is C24H25N3O2S2. The number of benzene rings is 2. The van der Waals surface area contributed by atoms with Crippen molar-refractivity contribution >= 4 is 46.0 Å². The molecule has 3 aliphatic rings. The van der Waals surface area contributed by atoms with E-state index in [-0.39, 0.29) is 17.7 Å². The highest BCUT2D eigenvalue weighted by molar-refractivity contribution is 8.19. The number of aliphatic imine (C=N–C) groups is 1. The number of rotatable bonds is 3. The van der Waals surface area contributed by atoms with Crippen LogP contribution in [0.3, 0.4) is 0 Å². The zero-order valence-corrected chi connectivity index (χ0v) is 19.1. The van der Waals surface area contributed by atoms with Gasteiger partial charge in [0.05, 0.1) is 11.4 Å². The first kappa shape index (κ1) is 20.5. The van der Waals surface area contributed by atoms with Crippen LogP contribution in [0, 0.1) is 0 Å². The number of phenolic OH excluding ortho intramolecular Hbond substituents is 1. The van der Waals surface area contributed by atoms with E-state index in [9.17, 15) is 9.90 Å². The SMILES string of the molecule is CCN1/C(=C2/SC(=Nc3ccc(O)cc3)N(C3CCCCC3)C2=O)Sc2ccccc21. The van der Waals surface area contributed by atoms with Crippen molar-refractivity contribution in [1.82, 2.24) is 4.90 Å². The predicted molar refractivity (Wildman–Crippen MR) is 129 cm³/mol. The Bertz CT molecular complexity index is 1060. The van der Waals surface area contributed by atoms with Gasteiger partial charge in [0, 0.05) is 17.5 Å². The summed E-state index contributed by atoms with van der Waals surface area (Å²) in [5, 5.41) is 11.4. The van der Waals surface area contributed by atoms with Crippen LogP contribution in [-0.4, -0.2) is 33.7 Å². The number of hydrogen-bond acceptors (Lipinski definition) is 6. The van der Waals surface area contributed by atoms with Gasteiger partial charge in [0.1, 0.15) is 15.7 Å². The van der Waals surface area contributed by atoms with Crippen LogP contribution in [0.1, 0.15) is 39.0 Å². The van der Waals surface area contributed by atoms with Gasteiger partial charge in [-0.05, 0) is 67.9 Å². The Hall–Kier alpha value is -2.38. The average molecular weight is 452 g/mol. The van der Waals surface area contributed by atoms with Gasteiger partial charge >= 0.3 is 0 Å². The molecule has 31 heavy (non-hydrogen) atoms. The van der Waals surface area contributed by atoms with Crippen LogP contribution in [0.15, 0.2) is 68.4 Å². The molecule has 160 valence electrons. The smallest absolute Gasteiger partial charge is 0.269 e. The molecule has 5 nitrogen and oxygen atoms in total. The Balaban J connectivity index is 1.56. The van der Waals surface area contributed by atoms with E-state index < -0.39 is 0 Å². The van der Waals surface area contributed by atoms with Crippen molar-refractivity contribution in [2.45, 2.75) is 50.0 Å². The summed E-state index contributed by atoms with van der Waals surface area (Å²) in [6.07, 6.45) is 5.58. The van der Waals surface area contributed by atoms with Crippen LogP contribution in [0.25, 0.3) is 0 Å². The molecular weight excluding hydrogens is 426 g/mol. The van der Waals surface area contributed by atoms with E-state index in [4.69, 9.17) is 4.99 Å². The summed E-state index contributed by atoms with van der Waals surface area (Å²) in [5.74, 6) is 0.285. The minimum Gasteiger partial charge on any atom is -0.508 e. The Morgan fingerprint density at radius 3 is 2.52 bits per heavy atom. The van der Waals surface area contributed by atoms with E-state index in [0.29, 0.717) is 0 Å². The third-order valence-electron chi connectivity index (χ3n) is 5.95. The number of anilines is 1. The van der Waals surface area contributed by atoms with E-state index in [1.54, 1.807) is 36.0 Å². The first-order valence-electron chi connectivity index (χ1n) is 10.8. The fraction of sp³-hybridized carbons (Fsp3) is 0.333. The zero-order valence-electron chi connectivity index (χ0n) is 17.5. The third-order valence-corrected chi connectivity index (χ3v) is 8.30. The van der Waals surface area contributed by atoms with Crippen LogP contribution in [-0.2, 0) is 4.79 Å². The average Bonchev–Trinajstić information content (AvgIpc) is 3.32. The Kier molecular flexibility index (Phi) is 5.71. The summed E-state index contributed by atoms with van der Waals surface area (Å²) in [4.78, 5) is 24.7. The lowest BCUT2D eigenvalue weighted by Gasteiger charge is -2.30. The zero-order chi connectivity index (χ0) is 21.4. The first-order valence-corrected chi connectivity index (χ1v) is 12.5. The van der Waals surface area contributed by atoms with Gasteiger partial charge in [-0.2, -0.15) is 0 Å². The van der Waals surface area contributed by atoms with Crippen LogP contribution >= 0.6 is 23.5 Å². The standard InChI is InChI=1S/C24H25N3O2S2/c1-2-26-19-10-6-7-11-20(19)30-23(26)21-22(29)27(17-8-4-3-5-9-17)24(31-21)25-16-12-14-18(28)15-13-16/h6-7,10-15,17,28H,2-5,8-9H2,1H3/b23-21-,25-24?. The number of carbonyl (C=O) groups is 1. The van der Waals surface area contributed by atoms with Crippen LogP contribution in [0.2, 0.25) is 0 Å². The van der Waals surface area contributed by atoms with Crippen molar-refractivity contribution < 1.29 is 9.90 Å². The largest absolute Gasteiger partial charge is 0.508 e. The monoisotopic (exact) mass is 451 g/mol. The number of fused-ring (bicyclic) bond motifs is 1. The molecule has 2 heterocycles. The molecule has 7 heteroatoms. The molecule has 0 radical (unpaired) electrons. The molecule has 2 fully saturated rings. The normalized spacial score (nSPS) is 23.1. The molecule has 2 aromatic carbocycles. The molecule has 0 atom stereocenters. The highest BCUT2D eigenvalue weighted by Crippen LogP contribution is 2.51. The second-order valence-corrected chi connectivity index (χ2v) is 9.94. The molecule has 1 saturated heterocycles. The maximum Gasteiger partial charge on any atom is 0.269 e. The molecule has 0 spiro atoms. The number of thioether (sulfide) groups is 2. The third kappa shape index (κ3) is 3.85. The molecule has 0 aromatic heterocycles. The van der Waals surface area contributed by atoms with Crippen molar-refractivity contribution in [2.75, 3.05) is 11.4 Å². The van der Waals surface area contributed by atoms with Crippen LogP contribution in [0.5, 0.6) is 5.75 Å². The number of hydrogen-bond donors (Lipinski definition) is 1. The van der Waals surface area contributed by atoms with Crippen LogP contribution in [0.4, 0.5) is 11.4 Å². The van der Waals surface area contributed by atoms with Gasteiger partial charge in [-0.1, -0.05) is 43.2 Å². The second kappa shape index (κ2) is 8.63. The van der Waals surface area contributed by atoms with Crippen molar-refractivity contribution in [1.29, 1.82) is 0 Å². The summed E-state index contributed by atoms with van der Waals surface area (Å²) in [5.41, 5.74) is 1.91. The lowest BCUT2D eigenvalue weighted by Crippen LogP contribution is -2.40. The Labute approximate surface area is 191 Å². The number of aromatic hydroxyl groups is 1. The molecule has 1 amide bonds. The van der Waals surface area contributed by atoms with E-state index in [2.05, 4.69) is 24.0 Å². The minimum absolute atomic E-state index is 0.0724. The predicted octanol–water partition coefficient (Wildman–Crippen LogP) is 6.09. The molecule has 2 aromatic rings. The highest BCUT2D eigenvalue weighted by Gasteiger charge is 2.42. The second-order valence-electron chi connectivity index (χ2n) is 7.93. The highest BCUT2D eigenvalue weighted by atomic mass is 32.2. The number of nitrogens with zero attached hydrogens (tertiary/aromatic N) is 3. The lowest BCUT2D eigenvalue weighted by molar-refractivity contribution is -0.124. The van der Waals surface area contributed by atoms with Crippen molar-refractivity contribution in [3.63, 3.8) is 0 Å². The van der Waals surface area contributed by atoms with Crippen molar-refractivity contribution in [3.8, 4) is 5.75 Å². The summed E-state index contributed by atoms with van der Waals surface area (Å²) < 4.78 is 0. The number of carbonyl (C=O) groups excluding carboxylic acids is 1. The molecule has 5 rings (SSSR count). The topological polar surface area (TPSA) is 56.1 Å². The van der Waals surface area contributed by atoms with E-state index >= 15 is 0 Å². The summed E-state index contributed by atoms with van der Waals surface area (Å²) >= 11 is 3.17. The van der Waals surface area contributed by atoms with Gasteiger partial charge in [0.25, 0.3) is 5.91 Å². The van der Waals surface area contributed by atoms with E-state index in [1.165, 1.54) is 28.8 Å². The number of amides is 1. The lowest BCUT2D eigenvalue weighted by atomic mass is 9.94. The molecule has 1 saturated carbocycles. The van der Waals surface area contributed by atoms with E-state index in [0.717, 1.165) is 53.0 Å². The summed E-state index contributed by atoms with van der Waals surface area (Å²) in [6, 6.07) is 15.4. The van der Waals surface area contributed by atoms with Gasteiger partial charge < -0.3 is 10.0 Å². The first-order chi connectivity index (χ1) is 15.2. The van der Waals surface area contributed by atoms with Gasteiger partial charge in [-0.15, -0.1) is 0 Å². The number of amidine groups is 1. The summed E-state index contributed by atoms with van der Waals surface area (Å²) in [6.45, 7) is 2.93. The van der Waals surface area contributed by atoms with Crippen LogP contribution < -0.4 is 4.90 Å². The van der Waals surface area contributed by atoms with Gasteiger partial charge in [0.2, 0.25) is 0 Å². The quantitative estimate of drug-likeness (QED) is 0.572. The molecule has 1 aliphatic carbocycles. The molecule has 0 bridgehead atoms. The maximum atomic E-state index is 13.7. The van der Waals surface area contributed by atoms with Crippen molar-refractivity contribution in [2.24, 2.45) is 4.99 Å². The fourth-order valence-electron chi connectivity index (χ4n) is 4.41. The van der Waals surface area contributed by atoms with Gasteiger partial charge in [-0.25, -0.2) is 4.99 Å². The maximum absolute atomic E-state index is 13.7. The molecule has 0 unspecified atom stereocenters. The minimum atomic E-state index is 0.0724.